The van der Waals surface area contributed by atoms with Crippen LogP contribution >= 0.6 is 46.7 Å². The van der Waals surface area contributed by atoms with Gasteiger partial charge in [-0.3, -0.25) is 9.69 Å². The van der Waals surface area contributed by atoms with Gasteiger partial charge in [0.2, 0.25) is 0 Å². The van der Waals surface area contributed by atoms with Crippen LogP contribution in [0.25, 0.3) is 20.3 Å². The number of thiazole rings is 1. The van der Waals surface area contributed by atoms with E-state index in [1.54, 1.807) is 16.2 Å². The second kappa shape index (κ2) is 10.1. The molecule has 158 valence electrons. The van der Waals surface area contributed by atoms with E-state index < -0.39 is 0 Å². The van der Waals surface area contributed by atoms with E-state index >= 15 is 0 Å². The summed E-state index contributed by atoms with van der Waals surface area (Å²) in [7, 11) is 0. The van der Waals surface area contributed by atoms with Crippen molar-refractivity contribution in [2.45, 2.75) is 13.8 Å². The van der Waals surface area contributed by atoms with E-state index in [4.69, 9.17) is 16.6 Å². The highest BCUT2D eigenvalue weighted by Gasteiger charge is 2.26. The number of rotatable bonds is 7. The van der Waals surface area contributed by atoms with E-state index in [1.165, 1.54) is 11.3 Å². The van der Waals surface area contributed by atoms with Crippen molar-refractivity contribution in [2.75, 3.05) is 31.1 Å². The lowest BCUT2D eigenvalue weighted by molar-refractivity contribution is 0.0988. The van der Waals surface area contributed by atoms with Crippen molar-refractivity contribution >= 4 is 78.0 Å². The zero-order valence-corrected chi connectivity index (χ0v) is 20.0. The molecule has 2 heterocycles. The van der Waals surface area contributed by atoms with Crippen molar-refractivity contribution in [1.82, 2.24) is 9.88 Å². The zero-order chi connectivity index (χ0) is 20.4. The molecule has 2 aromatic heterocycles. The number of carbonyl (C=O) groups is 1. The Morgan fingerprint density at radius 1 is 0.967 bits per heavy atom. The van der Waals surface area contributed by atoms with Crippen LogP contribution in [0.1, 0.15) is 23.5 Å². The molecule has 0 saturated carbocycles. The third-order valence-corrected chi connectivity index (χ3v) is 7.74. The normalized spacial score (nSPS) is 11.2. The Morgan fingerprint density at radius 3 is 2.30 bits per heavy atom. The third kappa shape index (κ3) is 4.48. The van der Waals surface area contributed by atoms with Crippen molar-refractivity contribution in [2.24, 2.45) is 0 Å². The summed E-state index contributed by atoms with van der Waals surface area (Å²) in [4.78, 5) is 23.0. The highest BCUT2D eigenvalue weighted by molar-refractivity contribution is 7.23. The first kappa shape index (κ1) is 23.0. The molecule has 30 heavy (non-hydrogen) atoms. The second-order valence-corrected chi connectivity index (χ2v) is 9.13. The molecule has 1 amide bonds. The number of carbonyl (C=O) groups excluding carboxylic acids is 1. The number of anilines is 1. The van der Waals surface area contributed by atoms with Gasteiger partial charge < -0.3 is 4.90 Å². The minimum absolute atomic E-state index is 0. The third-order valence-electron chi connectivity index (χ3n) is 5.02. The lowest BCUT2D eigenvalue weighted by Gasteiger charge is -2.24. The SMILES string of the molecule is CCN(CC)CCN(C(=O)c1sc2ccccc2c1Cl)c1nc2ccccc2s1.Cl. The molecule has 0 N–H and O–H groups in total. The lowest BCUT2D eigenvalue weighted by atomic mass is 10.2. The fourth-order valence-corrected chi connectivity index (χ4v) is 5.77. The van der Waals surface area contributed by atoms with Crippen molar-refractivity contribution in [1.29, 1.82) is 0 Å². The van der Waals surface area contributed by atoms with Crippen LogP contribution in [0.4, 0.5) is 5.13 Å². The average Bonchev–Trinajstić information content (AvgIpc) is 3.32. The Kier molecular flexibility index (Phi) is 7.71. The summed E-state index contributed by atoms with van der Waals surface area (Å²) in [6.07, 6.45) is 0. The molecule has 8 heteroatoms. The summed E-state index contributed by atoms with van der Waals surface area (Å²) in [5.74, 6) is -0.0811. The average molecular weight is 480 g/mol. The Bertz CT molecular complexity index is 1120. The maximum absolute atomic E-state index is 13.6. The van der Waals surface area contributed by atoms with Gasteiger partial charge in [-0.2, -0.15) is 0 Å². The van der Waals surface area contributed by atoms with Crippen LogP contribution in [0.3, 0.4) is 0 Å². The summed E-state index contributed by atoms with van der Waals surface area (Å²) in [6, 6.07) is 15.9. The van der Waals surface area contributed by atoms with Gasteiger partial charge in [-0.25, -0.2) is 4.98 Å². The van der Waals surface area contributed by atoms with Gasteiger partial charge in [0.05, 0.1) is 15.2 Å². The Morgan fingerprint density at radius 2 is 1.63 bits per heavy atom. The van der Waals surface area contributed by atoms with Gasteiger partial charge in [-0.15, -0.1) is 23.7 Å². The number of benzene rings is 2. The minimum Gasteiger partial charge on any atom is -0.302 e. The van der Waals surface area contributed by atoms with Gasteiger partial charge in [0.1, 0.15) is 4.88 Å². The van der Waals surface area contributed by atoms with E-state index in [0.29, 0.717) is 16.4 Å². The van der Waals surface area contributed by atoms with Crippen molar-refractivity contribution in [3.63, 3.8) is 0 Å². The molecular formula is C22H23Cl2N3OS2. The first-order valence-electron chi connectivity index (χ1n) is 9.69. The van der Waals surface area contributed by atoms with Crippen LogP contribution in [0.15, 0.2) is 48.5 Å². The number of para-hydroxylation sites is 1. The minimum atomic E-state index is -0.0811. The van der Waals surface area contributed by atoms with Gasteiger partial charge in [-0.05, 0) is 31.3 Å². The van der Waals surface area contributed by atoms with Crippen LogP contribution in [0, 0.1) is 0 Å². The summed E-state index contributed by atoms with van der Waals surface area (Å²) in [6.45, 7) is 7.53. The Balaban J connectivity index is 0.00000256. The molecule has 2 aromatic carbocycles. The highest BCUT2D eigenvalue weighted by atomic mass is 35.5. The lowest BCUT2D eigenvalue weighted by Crippen LogP contribution is -2.38. The quantitative estimate of drug-likeness (QED) is 0.300. The number of likely N-dealkylation sites (N-methyl/N-ethyl adjacent to an activating group) is 1. The Labute approximate surface area is 195 Å². The van der Waals surface area contributed by atoms with Gasteiger partial charge in [-0.1, -0.05) is 67.1 Å². The van der Waals surface area contributed by atoms with Crippen molar-refractivity contribution in [3.05, 3.63) is 58.4 Å². The molecule has 4 rings (SSSR count). The standard InChI is InChI=1S/C22H22ClN3OS2.ClH/c1-3-25(4-2)13-14-26(22-24-16-10-6-8-12-18(16)29-22)21(27)20-19(23)15-9-5-7-11-17(15)28-20;/h5-12H,3-4,13-14H2,1-2H3;1H. The summed E-state index contributed by atoms with van der Waals surface area (Å²) >= 11 is 9.61. The molecular weight excluding hydrogens is 457 g/mol. The van der Waals surface area contributed by atoms with Gasteiger partial charge >= 0.3 is 0 Å². The number of nitrogens with zero attached hydrogens (tertiary/aromatic N) is 3. The first-order valence-corrected chi connectivity index (χ1v) is 11.7. The predicted molar refractivity (Wildman–Crippen MR) is 133 cm³/mol. The number of hydrogen-bond acceptors (Lipinski definition) is 5. The van der Waals surface area contributed by atoms with E-state index in [9.17, 15) is 4.79 Å². The maximum atomic E-state index is 13.6. The number of amides is 1. The molecule has 0 bridgehead atoms. The first-order chi connectivity index (χ1) is 14.1. The largest absolute Gasteiger partial charge is 0.302 e. The van der Waals surface area contributed by atoms with Crippen LogP contribution in [0.2, 0.25) is 5.02 Å². The molecule has 0 radical (unpaired) electrons. The summed E-state index contributed by atoms with van der Waals surface area (Å²) < 4.78 is 2.10. The fraction of sp³-hybridized carbons (Fsp3) is 0.273. The number of thiophene rings is 1. The zero-order valence-electron chi connectivity index (χ0n) is 16.8. The van der Waals surface area contributed by atoms with Crippen molar-refractivity contribution < 1.29 is 4.79 Å². The fourth-order valence-electron chi connectivity index (χ4n) is 3.31. The van der Waals surface area contributed by atoms with Gasteiger partial charge in [0, 0.05) is 23.2 Å². The topological polar surface area (TPSA) is 36.4 Å². The van der Waals surface area contributed by atoms with Crippen LogP contribution < -0.4 is 4.90 Å². The molecule has 0 unspecified atom stereocenters. The molecule has 0 fully saturated rings. The van der Waals surface area contributed by atoms with Crippen molar-refractivity contribution in [3.8, 4) is 0 Å². The van der Waals surface area contributed by atoms with Crippen LogP contribution in [-0.4, -0.2) is 42.0 Å². The monoisotopic (exact) mass is 479 g/mol. The summed E-state index contributed by atoms with van der Waals surface area (Å²) in [5.41, 5.74) is 0.913. The van der Waals surface area contributed by atoms with E-state index in [2.05, 4.69) is 18.7 Å². The number of hydrogen-bond donors (Lipinski definition) is 0. The molecule has 0 aliphatic rings. The maximum Gasteiger partial charge on any atom is 0.271 e. The number of halogens is 2. The molecule has 4 nitrogen and oxygen atoms in total. The molecule has 0 aliphatic heterocycles. The van der Waals surface area contributed by atoms with Gasteiger partial charge in [0.15, 0.2) is 5.13 Å². The van der Waals surface area contributed by atoms with Crippen LogP contribution in [-0.2, 0) is 0 Å². The smallest absolute Gasteiger partial charge is 0.271 e. The number of aromatic nitrogens is 1. The molecule has 0 saturated heterocycles. The summed E-state index contributed by atoms with van der Waals surface area (Å²) in [5, 5.41) is 2.18. The van der Waals surface area contributed by atoms with E-state index in [-0.39, 0.29) is 18.3 Å². The molecule has 0 atom stereocenters. The number of fused-ring (bicyclic) bond motifs is 2. The molecule has 4 aromatic rings. The van der Waals surface area contributed by atoms with E-state index in [0.717, 1.165) is 45.1 Å². The van der Waals surface area contributed by atoms with E-state index in [1.807, 2.05) is 48.5 Å². The highest BCUT2D eigenvalue weighted by Crippen LogP contribution is 2.37. The van der Waals surface area contributed by atoms with Crippen LogP contribution in [0.5, 0.6) is 0 Å². The predicted octanol–water partition coefficient (Wildman–Crippen LogP) is 6.57. The second-order valence-electron chi connectivity index (χ2n) is 6.69. The Hall–Kier alpha value is -1.70. The molecule has 0 aliphatic carbocycles. The molecule has 0 spiro atoms. The van der Waals surface area contributed by atoms with Gasteiger partial charge in [0.25, 0.3) is 5.91 Å².